The number of hydrogen-bond donors (Lipinski definition) is 2. The number of alkyl halides is 7. The number of carbonyl (C=O) groups excluding carboxylic acids is 8. The molecule has 2 aromatic heterocycles. The van der Waals surface area contributed by atoms with Crippen LogP contribution >= 0.6 is 11.6 Å². The molecule has 8 heterocycles. The van der Waals surface area contributed by atoms with Crippen LogP contribution in [0.4, 0.5) is 26.3 Å². The van der Waals surface area contributed by atoms with Crippen molar-refractivity contribution in [3.63, 3.8) is 0 Å². The van der Waals surface area contributed by atoms with Crippen LogP contribution in [-0.4, -0.2) is 173 Å². The van der Waals surface area contributed by atoms with Gasteiger partial charge in [0, 0.05) is 73.2 Å². The van der Waals surface area contributed by atoms with Gasteiger partial charge in [-0.2, -0.15) is 26.3 Å². The first kappa shape index (κ1) is 87.2. The molecule has 2 aromatic carbocycles. The molecule has 31 heteroatoms. The van der Waals surface area contributed by atoms with Crippen molar-refractivity contribution in [2.24, 2.45) is 23.7 Å². The van der Waals surface area contributed by atoms with Crippen molar-refractivity contribution < 1.29 is 123 Å². The quantitative estimate of drug-likeness (QED) is 0.0333. The van der Waals surface area contributed by atoms with Gasteiger partial charge in [0.15, 0.2) is 13.2 Å². The predicted octanol–water partition coefficient (Wildman–Crippen LogP) is 10.4. The Morgan fingerprint density at radius 3 is 1.50 bits per heavy atom. The molecule has 4 fully saturated rings. The molecule has 22 nitrogen and oxygen atoms in total. The van der Waals surface area contributed by atoms with Crippen LogP contribution < -0.4 is 48.4 Å². The molecule has 599 valence electrons. The molecule has 4 amide bonds. The van der Waals surface area contributed by atoms with Gasteiger partial charge in [-0.15, -0.1) is 11.6 Å². The van der Waals surface area contributed by atoms with Gasteiger partial charge in [0.05, 0.1) is 66.9 Å². The maximum absolute atomic E-state index is 14.7. The third-order valence-electron chi connectivity index (χ3n) is 21.4. The maximum atomic E-state index is 14.7. The molecule has 111 heavy (non-hydrogen) atoms. The van der Waals surface area contributed by atoms with Crippen LogP contribution in [0.3, 0.4) is 0 Å². The molecule has 4 aromatic rings. The molecule has 2 N–H and O–H groups in total. The minimum atomic E-state index is -4.53. The third-order valence-corrected chi connectivity index (χ3v) is 21.7. The summed E-state index contributed by atoms with van der Waals surface area (Å²) >= 11 is 7.18. The van der Waals surface area contributed by atoms with Crippen molar-refractivity contribution >= 4 is 89.3 Å². The number of esters is 4. The first-order chi connectivity index (χ1) is 51.3. The van der Waals surface area contributed by atoms with Crippen molar-refractivity contribution in [2.45, 2.75) is 255 Å². The average molecular weight is 1570 g/mol. The standard InChI is InChI=1S/C40H49ClF3N3O8.C40H50F3N3O8.B.Li.H/c1-6-52-36(51)39-18-25(39)13-11-9-7-8-10-12-24(16-31(48)54-37(3,4)5)35(50)47-21-38(20-30(47)34(49)46-39)19-28(41)32-27-17-26(53-22-40(42,43)44)14-15-29(27)45-23(2)33(32)55-38;1-6-51-36(50)39-20-26(39)13-11-9-7-8-10-12-25(18-32(47)53-37(3,4)5)35(49)46-22-38(21-31(46)34(48)45-39)17-16-28-29-19-27(52-23-40(41,42)43)14-15-30(29)44-24(2)33(28)54-38;;;/h11,13-15,17,24-25,28,30H,6-10,12,16,18-22H2,1-5H3,(H,46,49);11,13-15,19,25-26,31H,6-10,12,16-18,20-23H2,1-5H3,(H,45,48);;;/q;;;+1;-1/b2*13-11-;;;/t24-,25-,28?,30+,38-,39-;25-,26-,31+,38-,39-;;;/m11.../s1. The van der Waals surface area contributed by atoms with Crippen molar-refractivity contribution in [3.8, 4) is 23.0 Å². The molecule has 2 aliphatic carbocycles. The molecule has 1 unspecified atom stereocenters. The van der Waals surface area contributed by atoms with Gasteiger partial charge in [0.2, 0.25) is 23.6 Å². The molecule has 3 radical (unpaired) electrons. The van der Waals surface area contributed by atoms with Gasteiger partial charge in [0.1, 0.15) is 68.6 Å². The van der Waals surface area contributed by atoms with E-state index in [0.717, 1.165) is 44.1 Å². The molecule has 2 spiro atoms. The van der Waals surface area contributed by atoms with E-state index in [1.165, 1.54) is 34.1 Å². The Kier molecular flexibility index (Phi) is 27.1. The molecule has 6 aliphatic heterocycles. The summed E-state index contributed by atoms with van der Waals surface area (Å²) in [5.74, 6) is -5.25. The van der Waals surface area contributed by atoms with Crippen molar-refractivity contribution in [1.29, 1.82) is 0 Å². The van der Waals surface area contributed by atoms with Crippen molar-refractivity contribution in [2.75, 3.05) is 39.5 Å². The zero-order valence-corrected chi connectivity index (χ0v) is 65.8. The van der Waals surface area contributed by atoms with E-state index in [2.05, 4.69) is 20.6 Å². The summed E-state index contributed by atoms with van der Waals surface area (Å²) in [7, 11) is 0. The second-order valence-electron chi connectivity index (χ2n) is 32.3. The van der Waals surface area contributed by atoms with Gasteiger partial charge in [-0.3, -0.25) is 28.8 Å². The number of amides is 4. The van der Waals surface area contributed by atoms with Crippen LogP contribution in [0, 0.1) is 37.5 Å². The Morgan fingerprint density at radius 2 is 1.04 bits per heavy atom. The summed E-state index contributed by atoms with van der Waals surface area (Å²) in [6.07, 6.45) is 7.37. The fourth-order valence-corrected chi connectivity index (χ4v) is 16.7. The number of aryl methyl sites for hydroxylation is 3. The fourth-order valence-electron chi connectivity index (χ4n) is 16.2. The third kappa shape index (κ3) is 20.6. The molecule has 2 saturated carbocycles. The van der Waals surface area contributed by atoms with Crippen LogP contribution in [-0.2, 0) is 63.7 Å². The van der Waals surface area contributed by atoms with E-state index < -0.39 is 130 Å². The zero-order valence-electron chi connectivity index (χ0n) is 66.0. The Labute approximate surface area is 663 Å². The van der Waals surface area contributed by atoms with Crippen LogP contribution in [0.25, 0.3) is 21.8 Å². The van der Waals surface area contributed by atoms with Crippen molar-refractivity contribution in [1.82, 2.24) is 30.4 Å². The first-order valence-corrected chi connectivity index (χ1v) is 38.3. The molecular weight excluding hydrogens is 1470 g/mol. The van der Waals surface area contributed by atoms with Gasteiger partial charge in [0.25, 0.3) is 0 Å². The maximum Gasteiger partial charge on any atom is 1.00 e. The number of rotatable bonds is 12. The van der Waals surface area contributed by atoms with E-state index in [1.807, 2.05) is 24.3 Å². The Bertz CT molecular complexity index is 4240. The van der Waals surface area contributed by atoms with Crippen LogP contribution in [0.5, 0.6) is 23.0 Å². The number of carbonyl (C=O) groups is 8. The molecule has 11 atom stereocenters. The second-order valence-corrected chi connectivity index (χ2v) is 32.8. The minimum absolute atomic E-state index is 0. The summed E-state index contributed by atoms with van der Waals surface area (Å²) < 4.78 is 123. The number of pyridine rings is 2. The minimum Gasteiger partial charge on any atom is -1.00 e. The topological polar surface area (TPSA) is 267 Å². The Hall–Kier alpha value is -7.77. The normalized spacial score (nSPS) is 28.1. The summed E-state index contributed by atoms with van der Waals surface area (Å²) in [6, 6.07) is 6.87. The molecule has 8 aliphatic rings. The number of ether oxygens (including phenoxy) is 8. The number of nitrogens with one attached hydrogen (secondary N) is 2. The Balaban J connectivity index is 0.000000274. The van der Waals surface area contributed by atoms with Crippen molar-refractivity contribution in [3.05, 3.63) is 83.2 Å². The van der Waals surface area contributed by atoms with E-state index >= 15 is 0 Å². The van der Waals surface area contributed by atoms with Crippen LogP contribution in [0.15, 0.2) is 60.7 Å². The number of fused-ring (bicyclic) bond motifs is 10. The predicted molar refractivity (Wildman–Crippen MR) is 395 cm³/mol. The average Bonchev–Trinajstić information content (AvgIpc) is 1.59. The number of hydrogen-bond acceptors (Lipinski definition) is 18. The van der Waals surface area contributed by atoms with Crippen LogP contribution in [0.1, 0.15) is 200 Å². The number of aromatic nitrogens is 2. The fraction of sp³-hybridized carbons (Fsp3) is 0.625. The second kappa shape index (κ2) is 34.5. The summed E-state index contributed by atoms with van der Waals surface area (Å²) in [4.78, 5) is 124. The molecule has 2 saturated heterocycles. The van der Waals surface area contributed by atoms with E-state index in [9.17, 15) is 64.7 Å². The van der Waals surface area contributed by atoms with E-state index in [1.54, 1.807) is 81.4 Å². The van der Waals surface area contributed by atoms with Gasteiger partial charge >= 0.3 is 55.1 Å². The smallest absolute Gasteiger partial charge is 1.00 e. The molecule has 0 bridgehead atoms. The van der Waals surface area contributed by atoms with E-state index in [-0.39, 0.29) is 116 Å². The van der Waals surface area contributed by atoms with Gasteiger partial charge in [-0.1, -0.05) is 50.0 Å². The summed E-state index contributed by atoms with van der Waals surface area (Å²) in [5, 5.41) is 6.25. The van der Waals surface area contributed by atoms with Gasteiger partial charge < -0.3 is 59.8 Å². The largest absolute Gasteiger partial charge is 1.00 e. The monoisotopic (exact) mass is 1570 g/mol. The number of benzene rings is 2. The summed E-state index contributed by atoms with van der Waals surface area (Å²) in [5.41, 5.74) is -2.95. The Morgan fingerprint density at radius 1 is 0.604 bits per heavy atom. The SMILES string of the molecule is CCOC(=O)[C@@]12C[C@H]1/C=C\CCCCC[C@H](CC(=O)OC(C)(C)C)C(=O)N1C[C@@]3(CC(Cl)c4c(c(C)nc5ccc(OCC(F)(F)F)cc45)O3)C[C@H]1C(=O)N2.CCOC(=O)[C@@]12C[C@H]1/C=C\CCCCC[C@H](CC(=O)OC(C)(C)C)C(=O)N1C[C@@]3(CCc4c(c(C)nc5ccc(OCC(F)(F)F)cc45)O3)C[C@H]1C(=O)N2.[B].[H-].[Li+]. The van der Waals surface area contributed by atoms with Gasteiger partial charge in [-0.25, -0.2) is 19.6 Å². The van der Waals surface area contributed by atoms with E-state index in [4.69, 9.17) is 49.5 Å². The number of allylic oxidation sites excluding steroid dienone is 2. The summed E-state index contributed by atoms with van der Waals surface area (Å²) in [6.45, 7) is 14.8. The number of nitrogens with zero attached hydrogens (tertiary/aromatic N) is 4. The van der Waals surface area contributed by atoms with Gasteiger partial charge in [-0.05, 0) is 170 Å². The molecular formula is C80H100BClF6LiN6O16. The van der Waals surface area contributed by atoms with E-state index in [0.29, 0.717) is 102 Å². The van der Waals surface area contributed by atoms with Crippen LogP contribution in [0.2, 0.25) is 0 Å². The number of halogens is 7. The zero-order chi connectivity index (χ0) is 79.0. The molecule has 12 rings (SSSR count). The first-order valence-electron chi connectivity index (χ1n) is 37.9.